The van der Waals surface area contributed by atoms with E-state index in [0.29, 0.717) is 17.9 Å². The van der Waals surface area contributed by atoms with Crippen molar-refractivity contribution in [2.75, 3.05) is 18.6 Å². The number of phenols is 1. The van der Waals surface area contributed by atoms with E-state index in [1.54, 1.807) is 31.8 Å². The summed E-state index contributed by atoms with van der Waals surface area (Å²) in [5, 5.41) is 14.0. The summed E-state index contributed by atoms with van der Waals surface area (Å²) in [6.07, 6.45) is 4.46. The maximum atomic E-state index is 12.4. The summed E-state index contributed by atoms with van der Waals surface area (Å²) in [6, 6.07) is 15.0. The average Bonchev–Trinajstić information content (AvgIpc) is 3.22. The molecule has 0 amide bonds. The molecule has 0 saturated heterocycles. The molecule has 8 heteroatoms. The molecule has 0 saturated carbocycles. The van der Waals surface area contributed by atoms with E-state index in [2.05, 4.69) is 24.1 Å². The lowest BCUT2D eigenvalue weighted by atomic mass is 10.0. The monoisotopic (exact) mass is 477 g/mol. The first-order valence-electron chi connectivity index (χ1n) is 11.7. The van der Waals surface area contributed by atoms with E-state index in [1.807, 2.05) is 41.0 Å². The molecule has 4 rings (SSSR count). The van der Waals surface area contributed by atoms with Crippen molar-refractivity contribution in [3.05, 3.63) is 66.2 Å². The minimum atomic E-state index is -2.31. The number of hydrogen-bond acceptors (Lipinski definition) is 6. The van der Waals surface area contributed by atoms with Gasteiger partial charge in [-0.1, -0.05) is 26.0 Å². The molecule has 4 aromatic rings. The van der Waals surface area contributed by atoms with Gasteiger partial charge in [-0.3, -0.25) is 0 Å². The van der Waals surface area contributed by atoms with Crippen molar-refractivity contribution >= 4 is 35.1 Å². The van der Waals surface area contributed by atoms with E-state index in [-0.39, 0.29) is 11.7 Å². The van der Waals surface area contributed by atoms with E-state index < -0.39 is 7.14 Å². The van der Waals surface area contributed by atoms with Crippen LogP contribution in [0.5, 0.6) is 5.75 Å². The summed E-state index contributed by atoms with van der Waals surface area (Å²) < 4.78 is 14.4. The first-order valence-corrected chi connectivity index (χ1v) is 14.3. The molecule has 178 valence electrons. The number of aromatic hydroxyl groups is 1. The van der Waals surface area contributed by atoms with Crippen LogP contribution in [0.2, 0.25) is 0 Å². The van der Waals surface area contributed by atoms with Crippen LogP contribution in [0.3, 0.4) is 0 Å². The van der Waals surface area contributed by atoms with Crippen LogP contribution < -0.4 is 10.6 Å². The van der Waals surface area contributed by atoms with E-state index in [1.165, 1.54) is 0 Å². The Hall–Kier alpha value is -3.18. The number of nitrogens with one attached hydrogen (secondary N) is 1. The van der Waals surface area contributed by atoms with Gasteiger partial charge in [-0.05, 0) is 74.6 Å². The van der Waals surface area contributed by atoms with Crippen LogP contribution in [0.15, 0.2) is 54.9 Å². The van der Waals surface area contributed by atoms with Gasteiger partial charge in [0.25, 0.3) is 0 Å². The highest BCUT2D eigenvalue weighted by molar-refractivity contribution is 7.70. The summed E-state index contributed by atoms with van der Waals surface area (Å²) in [5.74, 6) is 2.01. The molecule has 0 aliphatic carbocycles. The van der Waals surface area contributed by atoms with Crippen molar-refractivity contribution in [1.82, 2.24) is 19.5 Å². The van der Waals surface area contributed by atoms with Crippen molar-refractivity contribution in [1.29, 1.82) is 0 Å². The lowest BCUT2D eigenvalue weighted by molar-refractivity contribution is 0.474. The van der Waals surface area contributed by atoms with Gasteiger partial charge in [0.2, 0.25) is 0 Å². The van der Waals surface area contributed by atoms with Gasteiger partial charge in [-0.25, -0.2) is 15.0 Å². The molecule has 0 radical (unpaired) electrons. The molecule has 0 aliphatic rings. The molecule has 0 spiro atoms. The second kappa shape index (κ2) is 9.98. The third kappa shape index (κ3) is 5.31. The van der Waals surface area contributed by atoms with Gasteiger partial charge in [0.1, 0.15) is 18.7 Å². The molecule has 2 aromatic carbocycles. The number of nitrogens with zero attached hydrogens (tertiary/aromatic N) is 4. The van der Waals surface area contributed by atoms with Crippen LogP contribution in [0.4, 0.5) is 11.5 Å². The van der Waals surface area contributed by atoms with Crippen LogP contribution in [0.1, 0.15) is 44.0 Å². The largest absolute Gasteiger partial charge is 0.508 e. The third-order valence-electron chi connectivity index (χ3n) is 6.14. The molecule has 0 unspecified atom stereocenters. The highest BCUT2D eigenvalue weighted by Gasteiger charge is 2.18. The van der Waals surface area contributed by atoms with Crippen LogP contribution >= 0.6 is 7.14 Å². The van der Waals surface area contributed by atoms with Crippen molar-refractivity contribution < 1.29 is 9.67 Å². The number of aryl methyl sites for hydroxylation is 2. The first kappa shape index (κ1) is 24.0. The predicted octanol–water partition coefficient (Wildman–Crippen LogP) is 5.67. The Balaban J connectivity index is 1.69. The van der Waals surface area contributed by atoms with Crippen molar-refractivity contribution in [3.63, 3.8) is 0 Å². The van der Waals surface area contributed by atoms with Crippen LogP contribution in [-0.4, -0.2) is 38.0 Å². The molecule has 2 aromatic heterocycles. The van der Waals surface area contributed by atoms with Crippen molar-refractivity contribution in [2.24, 2.45) is 0 Å². The van der Waals surface area contributed by atoms with E-state index in [0.717, 1.165) is 47.3 Å². The Morgan fingerprint density at radius 1 is 1.06 bits per heavy atom. The summed E-state index contributed by atoms with van der Waals surface area (Å²) in [5.41, 5.74) is 3.43. The molecule has 7 nitrogen and oxygen atoms in total. The quantitative estimate of drug-likeness (QED) is 0.302. The average molecular weight is 478 g/mol. The van der Waals surface area contributed by atoms with Gasteiger partial charge in [0, 0.05) is 23.5 Å². The summed E-state index contributed by atoms with van der Waals surface area (Å²) >= 11 is 0. The fourth-order valence-corrected chi connectivity index (χ4v) is 4.92. The number of benzene rings is 2. The third-order valence-corrected chi connectivity index (χ3v) is 7.68. The lowest BCUT2D eigenvalue weighted by Crippen LogP contribution is -2.09. The smallest absolute Gasteiger partial charge is 0.165 e. The summed E-state index contributed by atoms with van der Waals surface area (Å²) in [4.78, 5) is 14.4. The highest BCUT2D eigenvalue weighted by atomic mass is 31.2. The maximum absolute atomic E-state index is 12.4. The molecular weight excluding hydrogens is 445 g/mol. The number of fused-ring (bicyclic) bond motifs is 1. The van der Waals surface area contributed by atoms with Crippen LogP contribution in [0, 0.1) is 0 Å². The fourth-order valence-electron chi connectivity index (χ4n) is 4.05. The predicted molar refractivity (Wildman–Crippen MR) is 139 cm³/mol. The fraction of sp³-hybridized carbons (Fsp3) is 0.346. The van der Waals surface area contributed by atoms with Gasteiger partial charge in [0.05, 0.1) is 6.33 Å². The Labute approximate surface area is 200 Å². The summed E-state index contributed by atoms with van der Waals surface area (Å²) in [6.45, 7) is 8.54. The molecule has 2 heterocycles. The second-order valence-corrected chi connectivity index (χ2v) is 12.2. The second-order valence-electron chi connectivity index (χ2n) is 9.00. The summed E-state index contributed by atoms with van der Waals surface area (Å²) in [7, 11) is -2.31. The molecule has 34 heavy (non-hydrogen) atoms. The van der Waals surface area contributed by atoms with E-state index in [4.69, 9.17) is 9.97 Å². The number of imidazole rings is 1. The Morgan fingerprint density at radius 2 is 1.79 bits per heavy atom. The van der Waals surface area contributed by atoms with Gasteiger partial charge < -0.3 is 19.6 Å². The zero-order valence-electron chi connectivity index (χ0n) is 20.2. The van der Waals surface area contributed by atoms with Gasteiger partial charge in [0.15, 0.2) is 17.0 Å². The van der Waals surface area contributed by atoms with Crippen LogP contribution in [-0.2, 0) is 17.5 Å². The minimum absolute atomic E-state index is 0.257. The highest BCUT2D eigenvalue weighted by Crippen LogP contribution is 2.35. The standard InChI is InChI=1S/C26H32N5O2P/c1-5-19(6-2)24-29-25(28-20-10-12-22(13-11-20)34(3,4)33)23-26(30-24)31(17-27-23)15-14-18-8-7-9-21(32)16-18/h7-13,16-17,19,32H,5-6,14-15H2,1-4H3,(H,28,29,30). The minimum Gasteiger partial charge on any atom is -0.508 e. The number of phenolic OH excluding ortho intramolecular Hbond substituents is 1. The zero-order chi connectivity index (χ0) is 24.3. The van der Waals surface area contributed by atoms with E-state index in [9.17, 15) is 9.67 Å². The Kier molecular flexibility index (Phi) is 7.03. The molecule has 2 N–H and O–H groups in total. The number of rotatable bonds is 9. The number of anilines is 2. The van der Waals surface area contributed by atoms with Gasteiger partial charge in [-0.2, -0.15) is 0 Å². The van der Waals surface area contributed by atoms with Gasteiger partial charge in [-0.15, -0.1) is 0 Å². The van der Waals surface area contributed by atoms with Gasteiger partial charge >= 0.3 is 0 Å². The van der Waals surface area contributed by atoms with E-state index >= 15 is 0 Å². The Morgan fingerprint density at radius 3 is 2.44 bits per heavy atom. The number of hydrogen-bond donors (Lipinski definition) is 2. The topological polar surface area (TPSA) is 92.9 Å². The first-order chi connectivity index (χ1) is 16.3. The molecular formula is C26H32N5O2P. The van der Waals surface area contributed by atoms with Crippen molar-refractivity contribution in [3.8, 4) is 5.75 Å². The zero-order valence-corrected chi connectivity index (χ0v) is 21.1. The lowest BCUT2D eigenvalue weighted by Gasteiger charge is -2.15. The van der Waals surface area contributed by atoms with Crippen molar-refractivity contribution in [2.45, 2.75) is 45.6 Å². The molecule has 0 fully saturated rings. The SMILES string of the molecule is CCC(CC)c1nc(Nc2ccc(P(C)(C)=O)cc2)c2ncn(CCc3cccc(O)c3)c2n1. The number of aromatic nitrogens is 4. The Bertz CT molecular complexity index is 1320. The molecule has 0 aliphatic heterocycles. The molecule has 0 bridgehead atoms. The van der Waals surface area contributed by atoms with Crippen LogP contribution in [0.25, 0.3) is 11.2 Å². The maximum Gasteiger partial charge on any atom is 0.165 e. The normalized spacial score (nSPS) is 11.9. The molecule has 0 atom stereocenters.